The van der Waals surface area contributed by atoms with E-state index >= 15 is 0 Å². The molecule has 2 aromatic heterocycles. The van der Waals surface area contributed by atoms with Crippen molar-refractivity contribution in [2.24, 2.45) is 0 Å². The average Bonchev–Trinajstić information content (AvgIpc) is 3.97. The number of rotatable bonds is 8. The Morgan fingerprint density at radius 2 is 0.788 bits per heavy atom. The summed E-state index contributed by atoms with van der Waals surface area (Å²) in [5.41, 5.74) is 14.4. The number of benzene rings is 11. The molecule has 2 heterocycles. The molecule has 0 atom stereocenters. The van der Waals surface area contributed by atoms with Crippen LogP contribution < -0.4 is 9.80 Å². The normalized spacial score (nSPS) is 11.6. The highest BCUT2D eigenvalue weighted by Gasteiger charge is 2.23. The highest BCUT2D eigenvalue weighted by Crippen LogP contribution is 2.47. The van der Waals surface area contributed by atoms with Gasteiger partial charge in [-0.25, -0.2) is 0 Å². The summed E-state index contributed by atoms with van der Waals surface area (Å²) >= 11 is 0. The molecule has 0 bridgehead atoms. The number of hydrogen-bond donors (Lipinski definition) is 0. The fourth-order valence-electron chi connectivity index (χ4n) is 10.0. The Morgan fingerprint density at radius 3 is 1.56 bits per heavy atom. The van der Waals surface area contributed by atoms with Gasteiger partial charge in [-0.05, 0) is 112 Å². The molecule has 0 N–H and O–H groups in total. The van der Waals surface area contributed by atoms with Crippen molar-refractivity contribution in [2.75, 3.05) is 9.80 Å². The zero-order valence-electron chi connectivity index (χ0n) is 35.8. The van der Waals surface area contributed by atoms with E-state index in [2.05, 4.69) is 240 Å². The first-order valence-corrected chi connectivity index (χ1v) is 22.4. The van der Waals surface area contributed by atoms with Gasteiger partial charge in [0.05, 0.1) is 17.1 Å². The Labute approximate surface area is 381 Å². The number of para-hydroxylation sites is 5. The van der Waals surface area contributed by atoms with Crippen molar-refractivity contribution in [3.63, 3.8) is 0 Å². The van der Waals surface area contributed by atoms with E-state index < -0.39 is 0 Å². The zero-order chi connectivity index (χ0) is 43.6. The van der Waals surface area contributed by atoms with E-state index in [0.717, 1.165) is 99.9 Å². The standard InChI is InChI=1S/C62H40N2O2/c1-4-17-42(18-5-1)48-23-12-14-28-56(48)63(44-19-6-2-7-20-44)46-34-31-41(32-35-46)43-33-37-53-55(39-43)49-24-10-11-26-51(49)60-54-38-36-47(40-59(54)66-62(53)60)64(45-21-8-3-9-22-45)57-29-16-27-52-50-25-13-15-30-58(50)65-61(52)57/h1-40H. The van der Waals surface area contributed by atoms with Crippen LogP contribution in [0.15, 0.2) is 251 Å². The van der Waals surface area contributed by atoms with Gasteiger partial charge < -0.3 is 18.6 Å². The van der Waals surface area contributed by atoms with Gasteiger partial charge in [-0.3, -0.25) is 0 Å². The fraction of sp³-hybridized carbons (Fsp3) is 0. The zero-order valence-corrected chi connectivity index (χ0v) is 35.8. The van der Waals surface area contributed by atoms with Crippen LogP contribution in [0.5, 0.6) is 0 Å². The van der Waals surface area contributed by atoms with Crippen LogP contribution in [0.25, 0.3) is 87.7 Å². The Balaban J connectivity index is 0.928. The number of nitrogens with zero attached hydrogens (tertiary/aromatic N) is 2. The van der Waals surface area contributed by atoms with Crippen LogP contribution in [0.3, 0.4) is 0 Å². The first-order valence-electron chi connectivity index (χ1n) is 22.4. The summed E-state index contributed by atoms with van der Waals surface area (Å²) in [7, 11) is 0. The minimum atomic E-state index is 0.828. The first kappa shape index (κ1) is 37.7. The highest BCUT2D eigenvalue weighted by molar-refractivity contribution is 6.30. The van der Waals surface area contributed by atoms with Crippen molar-refractivity contribution in [1.82, 2.24) is 0 Å². The van der Waals surface area contributed by atoms with Gasteiger partial charge in [0.2, 0.25) is 0 Å². The predicted octanol–water partition coefficient (Wildman–Crippen LogP) is 18.1. The Morgan fingerprint density at radius 1 is 0.258 bits per heavy atom. The Kier molecular flexibility index (Phi) is 8.81. The van der Waals surface area contributed by atoms with Gasteiger partial charge in [0.1, 0.15) is 16.7 Å². The lowest BCUT2D eigenvalue weighted by atomic mass is 9.94. The van der Waals surface area contributed by atoms with Gasteiger partial charge in [0.15, 0.2) is 5.58 Å². The lowest BCUT2D eigenvalue weighted by molar-refractivity contribution is 0.668. The predicted molar refractivity (Wildman–Crippen MR) is 276 cm³/mol. The van der Waals surface area contributed by atoms with E-state index in [0.29, 0.717) is 0 Å². The van der Waals surface area contributed by atoms with E-state index in [1.165, 1.54) is 21.9 Å². The van der Waals surface area contributed by atoms with E-state index in [9.17, 15) is 0 Å². The van der Waals surface area contributed by atoms with Crippen molar-refractivity contribution in [2.45, 2.75) is 0 Å². The maximum atomic E-state index is 7.03. The SMILES string of the molecule is c1ccc(-c2ccccc2N(c2ccccc2)c2ccc(-c3ccc4c(c3)c3ccccc3c3c5ccc(N(c6ccccc6)c6cccc7c6oc6ccccc67)cc5oc43)cc2)cc1. The van der Waals surface area contributed by atoms with Crippen molar-refractivity contribution in [1.29, 1.82) is 0 Å². The average molecular weight is 845 g/mol. The van der Waals surface area contributed by atoms with Gasteiger partial charge in [0, 0.05) is 55.6 Å². The van der Waals surface area contributed by atoms with Gasteiger partial charge in [-0.15, -0.1) is 0 Å². The quantitative estimate of drug-likeness (QED) is 0.143. The minimum absolute atomic E-state index is 0.828. The molecule has 13 aromatic rings. The lowest BCUT2D eigenvalue weighted by Crippen LogP contribution is -2.11. The van der Waals surface area contributed by atoms with Crippen LogP contribution in [0.4, 0.5) is 34.1 Å². The first-order chi connectivity index (χ1) is 32.7. The molecular weight excluding hydrogens is 805 g/mol. The lowest BCUT2D eigenvalue weighted by Gasteiger charge is -2.28. The van der Waals surface area contributed by atoms with Gasteiger partial charge in [-0.2, -0.15) is 0 Å². The largest absolute Gasteiger partial charge is 0.455 e. The molecule has 4 nitrogen and oxygen atoms in total. The number of anilines is 6. The molecule has 4 heteroatoms. The second-order valence-electron chi connectivity index (χ2n) is 16.8. The number of hydrogen-bond acceptors (Lipinski definition) is 4. The molecule has 0 radical (unpaired) electrons. The topological polar surface area (TPSA) is 32.8 Å². The summed E-state index contributed by atoms with van der Waals surface area (Å²) in [5.74, 6) is 0. The van der Waals surface area contributed by atoms with Crippen LogP contribution in [-0.4, -0.2) is 0 Å². The Bertz CT molecular complexity index is 3930. The van der Waals surface area contributed by atoms with E-state index in [-0.39, 0.29) is 0 Å². The summed E-state index contributed by atoms with van der Waals surface area (Å²) in [6.07, 6.45) is 0. The molecule has 0 spiro atoms. The van der Waals surface area contributed by atoms with Crippen molar-refractivity contribution in [3.8, 4) is 22.3 Å². The monoisotopic (exact) mass is 844 g/mol. The van der Waals surface area contributed by atoms with Gasteiger partial charge in [0.25, 0.3) is 0 Å². The van der Waals surface area contributed by atoms with E-state index in [4.69, 9.17) is 8.83 Å². The third-order valence-corrected chi connectivity index (χ3v) is 13.0. The molecule has 0 saturated carbocycles. The van der Waals surface area contributed by atoms with Crippen LogP contribution >= 0.6 is 0 Å². The van der Waals surface area contributed by atoms with E-state index in [1.807, 2.05) is 12.1 Å². The molecule has 11 aromatic carbocycles. The second kappa shape index (κ2) is 15.4. The summed E-state index contributed by atoms with van der Waals surface area (Å²) in [6.45, 7) is 0. The van der Waals surface area contributed by atoms with Crippen molar-refractivity contribution in [3.05, 3.63) is 243 Å². The van der Waals surface area contributed by atoms with Crippen molar-refractivity contribution < 1.29 is 8.83 Å². The second-order valence-corrected chi connectivity index (χ2v) is 16.8. The van der Waals surface area contributed by atoms with Gasteiger partial charge in [-0.1, -0.05) is 158 Å². The molecule has 0 fully saturated rings. The third-order valence-electron chi connectivity index (χ3n) is 13.0. The molecular formula is C62H40N2O2. The summed E-state index contributed by atoms with van der Waals surface area (Å²) < 4.78 is 13.6. The van der Waals surface area contributed by atoms with Crippen LogP contribution in [-0.2, 0) is 0 Å². The highest BCUT2D eigenvalue weighted by atomic mass is 16.3. The molecule has 310 valence electrons. The Hall–Kier alpha value is -8.86. The van der Waals surface area contributed by atoms with Crippen LogP contribution in [0, 0.1) is 0 Å². The summed E-state index contributed by atoms with van der Waals surface area (Å²) in [4.78, 5) is 4.62. The van der Waals surface area contributed by atoms with E-state index in [1.54, 1.807) is 0 Å². The smallest absolute Gasteiger partial charge is 0.159 e. The maximum absolute atomic E-state index is 7.03. The fourth-order valence-corrected chi connectivity index (χ4v) is 10.0. The maximum Gasteiger partial charge on any atom is 0.159 e. The summed E-state index contributed by atoms with van der Waals surface area (Å²) in [5, 5.41) is 9.00. The number of furan rings is 2. The van der Waals surface area contributed by atoms with Crippen LogP contribution in [0.2, 0.25) is 0 Å². The summed E-state index contributed by atoms with van der Waals surface area (Å²) in [6, 6.07) is 86.1. The third kappa shape index (κ3) is 6.15. The minimum Gasteiger partial charge on any atom is -0.455 e. The van der Waals surface area contributed by atoms with Crippen LogP contribution in [0.1, 0.15) is 0 Å². The molecule has 0 saturated heterocycles. The van der Waals surface area contributed by atoms with Gasteiger partial charge >= 0.3 is 0 Å². The number of fused-ring (bicyclic) bond motifs is 11. The molecule has 13 rings (SSSR count). The molecule has 0 unspecified atom stereocenters. The van der Waals surface area contributed by atoms with Crippen molar-refractivity contribution >= 4 is 99.5 Å². The molecule has 0 aliphatic carbocycles. The molecule has 0 aliphatic rings. The molecule has 0 amide bonds. The molecule has 66 heavy (non-hydrogen) atoms. The molecule has 0 aliphatic heterocycles.